The van der Waals surface area contributed by atoms with E-state index in [1.165, 1.54) is 12.0 Å². The van der Waals surface area contributed by atoms with Crippen molar-refractivity contribution >= 4 is 5.69 Å². The van der Waals surface area contributed by atoms with Crippen LogP contribution in [0.3, 0.4) is 0 Å². The molecule has 0 aromatic carbocycles. The molecule has 0 unspecified atom stereocenters. The Bertz CT molecular complexity index is 256. The van der Waals surface area contributed by atoms with Crippen molar-refractivity contribution in [2.24, 2.45) is 0 Å². The molecule has 2 heteroatoms. The standard InChI is InChI=1S/C10H16N2/c1-4-5-9-6-10(11-3)7-12-8(9)2/h6-7,11H,4-5H2,1-3H3. The maximum absolute atomic E-state index is 4.31. The normalized spacial score (nSPS) is 9.92. The van der Waals surface area contributed by atoms with E-state index < -0.39 is 0 Å². The summed E-state index contributed by atoms with van der Waals surface area (Å²) in [6.07, 6.45) is 4.17. The summed E-state index contributed by atoms with van der Waals surface area (Å²) in [7, 11) is 1.92. The van der Waals surface area contributed by atoms with Crippen molar-refractivity contribution in [1.82, 2.24) is 4.98 Å². The van der Waals surface area contributed by atoms with Gasteiger partial charge < -0.3 is 5.32 Å². The van der Waals surface area contributed by atoms with Gasteiger partial charge in [0.25, 0.3) is 0 Å². The molecule has 0 atom stereocenters. The molecule has 1 aromatic heterocycles. The average Bonchev–Trinajstić information content (AvgIpc) is 2.09. The number of nitrogens with one attached hydrogen (secondary N) is 1. The van der Waals surface area contributed by atoms with Crippen LogP contribution in [0.4, 0.5) is 5.69 Å². The number of anilines is 1. The molecule has 0 aliphatic carbocycles. The lowest BCUT2D eigenvalue weighted by Gasteiger charge is -2.05. The number of pyridine rings is 1. The lowest BCUT2D eigenvalue weighted by atomic mass is 10.1. The summed E-state index contributed by atoms with van der Waals surface area (Å²) in [5.74, 6) is 0. The van der Waals surface area contributed by atoms with Crippen LogP contribution in [0.2, 0.25) is 0 Å². The molecule has 1 N–H and O–H groups in total. The van der Waals surface area contributed by atoms with Crippen LogP contribution in [0.25, 0.3) is 0 Å². The molecule has 0 amide bonds. The molecular weight excluding hydrogens is 148 g/mol. The second-order valence-corrected chi connectivity index (χ2v) is 2.97. The Morgan fingerprint density at radius 1 is 1.50 bits per heavy atom. The van der Waals surface area contributed by atoms with Crippen molar-refractivity contribution in [3.8, 4) is 0 Å². The van der Waals surface area contributed by atoms with Crippen LogP contribution in [0.15, 0.2) is 12.3 Å². The van der Waals surface area contributed by atoms with Gasteiger partial charge in [0.15, 0.2) is 0 Å². The number of hydrogen-bond donors (Lipinski definition) is 1. The molecule has 1 rings (SSSR count). The number of aromatic nitrogens is 1. The van der Waals surface area contributed by atoms with Crippen molar-refractivity contribution in [1.29, 1.82) is 0 Å². The minimum Gasteiger partial charge on any atom is -0.387 e. The van der Waals surface area contributed by atoms with Gasteiger partial charge in [-0.25, -0.2) is 0 Å². The predicted octanol–water partition coefficient (Wildman–Crippen LogP) is 2.38. The minimum atomic E-state index is 1.10. The highest BCUT2D eigenvalue weighted by atomic mass is 14.8. The fourth-order valence-corrected chi connectivity index (χ4v) is 1.24. The van der Waals surface area contributed by atoms with Gasteiger partial charge in [-0.05, 0) is 25.0 Å². The highest BCUT2D eigenvalue weighted by Crippen LogP contribution is 2.13. The van der Waals surface area contributed by atoms with Gasteiger partial charge in [0.2, 0.25) is 0 Å². The minimum absolute atomic E-state index is 1.10. The van der Waals surface area contributed by atoms with Gasteiger partial charge >= 0.3 is 0 Å². The van der Waals surface area contributed by atoms with Crippen molar-refractivity contribution in [3.05, 3.63) is 23.5 Å². The number of nitrogens with zero attached hydrogens (tertiary/aromatic N) is 1. The third-order valence-corrected chi connectivity index (χ3v) is 2.00. The Balaban J connectivity index is 2.91. The smallest absolute Gasteiger partial charge is 0.0527 e. The number of aryl methyl sites for hydroxylation is 2. The van der Waals surface area contributed by atoms with Crippen molar-refractivity contribution in [3.63, 3.8) is 0 Å². The molecule has 2 nitrogen and oxygen atoms in total. The zero-order chi connectivity index (χ0) is 8.97. The SMILES string of the molecule is CCCc1cc(NC)cnc1C. The van der Waals surface area contributed by atoms with E-state index in [2.05, 4.69) is 30.2 Å². The van der Waals surface area contributed by atoms with Crippen LogP contribution < -0.4 is 5.32 Å². The highest BCUT2D eigenvalue weighted by molar-refractivity contribution is 5.44. The first-order chi connectivity index (χ1) is 5.77. The second kappa shape index (κ2) is 4.10. The zero-order valence-electron chi connectivity index (χ0n) is 8.02. The van der Waals surface area contributed by atoms with Crippen molar-refractivity contribution in [2.75, 3.05) is 12.4 Å². The van der Waals surface area contributed by atoms with E-state index in [1.807, 2.05) is 13.2 Å². The lowest BCUT2D eigenvalue weighted by Crippen LogP contribution is -1.96. The molecule has 12 heavy (non-hydrogen) atoms. The third kappa shape index (κ3) is 1.97. The Morgan fingerprint density at radius 3 is 2.83 bits per heavy atom. The van der Waals surface area contributed by atoms with E-state index in [0.29, 0.717) is 0 Å². The van der Waals surface area contributed by atoms with Crippen LogP contribution in [0.1, 0.15) is 24.6 Å². The fraction of sp³-hybridized carbons (Fsp3) is 0.500. The second-order valence-electron chi connectivity index (χ2n) is 2.97. The van der Waals surface area contributed by atoms with Crippen molar-refractivity contribution in [2.45, 2.75) is 26.7 Å². The number of hydrogen-bond acceptors (Lipinski definition) is 2. The molecule has 1 aromatic rings. The Labute approximate surface area is 74.0 Å². The summed E-state index contributed by atoms with van der Waals surface area (Å²) in [6.45, 7) is 4.25. The van der Waals surface area contributed by atoms with Crippen LogP contribution in [-0.4, -0.2) is 12.0 Å². The van der Waals surface area contributed by atoms with Gasteiger partial charge in [0.05, 0.1) is 11.9 Å². The molecule has 0 fully saturated rings. The Morgan fingerprint density at radius 2 is 2.25 bits per heavy atom. The molecule has 66 valence electrons. The van der Waals surface area contributed by atoms with Gasteiger partial charge in [-0.1, -0.05) is 13.3 Å². The summed E-state index contributed by atoms with van der Waals surface area (Å²) in [6, 6.07) is 2.17. The summed E-state index contributed by atoms with van der Waals surface area (Å²) in [4.78, 5) is 4.31. The molecule has 0 aliphatic rings. The third-order valence-electron chi connectivity index (χ3n) is 2.00. The first kappa shape index (κ1) is 9.04. The fourth-order valence-electron chi connectivity index (χ4n) is 1.24. The van der Waals surface area contributed by atoms with E-state index in [1.54, 1.807) is 0 Å². The molecule has 0 spiro atoms. The summed E-state index contributed by atoms with van der Waals surface area (Å²) >= 11 is 0. The first-order valence-corrected chi connectivity index (χ1v) is 4.41. The maximum atomic E-state index is 4.31. The average molecular weight is 164 g/mol. The Hall–Kier alpha value is -1.05. The number of rotatable bonds is 3. The summed E-state index contributed by atoms with van der Waals surface area (Å²) in [5, 5.41) is 3.09. The lowest BCUT2D eigenvalue weighted by molar-refractivity contribution is 0.899. The van der Waals surface area contributed by atoms with E-state index in [9.17, 15) is 0 Å². The van der Waals surface area contributed by atoms with E-state index >= 15 is 0 Å². The highest BCUT2D eigenvalue weighted by Gasteiger charge is 1.98. The molecule has 0 aliphatic heterocycles. The van der Waals surface area contributed by atoms with E-state index in [4.69, 9.17) is 0 Å². The van der Waals surface area contributed by atoms with Crippen LogP contribution in [-0.2, 0) is 6.42 Å². The monoisotopic (exact) mass is 164 g/mol. The van der Waals surface area contributed by atoms with Gasteiger partial charge in [-0.3, -0.25) is 4.98 Å². The molecule has 0 radical (unpaired) electrons. The molecular formula is C10H16N2. The zero-order valence-corrected chi connectivity index (χ0v) is 8.02. The van der Waals surface area contributed by atoms with Gasteiger partial charge in [-0.15, -0.1) is 0 Å². The van der Waals surface area contributed by atoms with E-state index in [-0.39, 0.29) is 0 Å². The van der Waals surface area contributed by atoms with E-state index in [0.717, 1.165) is 17.8 Å². The van der Waals surface area contributed by atoms with Crippen molar-refractivity contribution < 1.29 is 0 Å². The first-order valence-electron chi connectivity index (χ1n) is 4.41. The maximum Gasteiger partial charge on any atom is 0.0527 e. The summed E-state index contributed by atoms with van der Waals surface area (Å²) < 4.78 is 0. The van der Waals surface area contributed by atoms with Gasteiger partial charge in [0, 0.05) is 12.7 Å². The summed E-state index contributed by atoms with van der Waals surface area (Å²) in [5.41, 5.74) is 3.60. The Kier molecular flexibility index (Phi) is 3.09. The topological polar surface area (TPSA) is 24.9 Å². The molecule has 0 saturated carbocycles. The van der Waals surface area contributed by atoms with Crippen LogP contribution in [0.5, 0.6) is 0 Å². The van der Waals surface area contributed by atoms with Gasteiger partial charge in [0.1, 0.15) is 0 Å². The van der Waals surface area contributed by atoms with Gasteiger partial charge in [-0.2, -0.15) is 0 Å². The molecule has 0 bridgehead atoms. The largest absolute Gasteiger partial charge is 0.387 e. The molecule has 1 heterocycles. The van der Waals surface area contributed by atoms with Crippen LogP contribution >= 0.6 is 0 Å². The quantitative estimate of drug-likeness (QED) is 0.742. The molecule has 0 saturated heterocycles. The van der Waals surface area contributed by atoms with Crippen LogP contribution in [0, 0.1) is 6.92 Å². The predicted molar refractivity (Wildman–Crippen MR) is 52.5 cm³/mol.